The first-order chi connectivity index (χ1) is 27.1. The van der Waals surface area contributed by atoms with E-state index in [1.54, 1.807) is 11.3 Å². The summed E-state index contributed by atoms with van der Waals surface area (Å²) in [6.45, 7) is 0. The molecule has 3 aliphatic rings. The molecule has 55 heavy (non-hydrogen) atoms. The van der Waals surface area contributed by atoms with Crippen LogP contribution >= 0.6 is 18.5 Å². The molecule has 12 rings (SSSR count). The molecule has 0 saturated heterocycles. The van der Waals surface area contributed by atoms with Gasteiger partial charge in [0.15, 0.2) is 18.6 Å². The summed E-state index contributed by atoms with van der Waals surface area (Å²) in [6.07, 6.45) is 0. The Morgan fingerprint density at radius 2 is 1.07 bits per heavy atom. The Morgan fingerprint density at radius 3 is 1.87 bits per heavy atom. The van der Waals surface area contributed by atoms with Gasteiger partial charge in [0.05, 0.1) is 22.5 Å². The number of hydrogen-bond acceptors (Lipinski definition) is 5. The maximum atomic E-state index is 16.4. The summed E-state index contributed by atoms with van der Waals surface area (Å²) in [5.74, 6) is 3.12. The molecule has 260 valence electrons. The number of ether oxygens (including phenoxy) is 2. The van der Waals surface area contributed by atoms with E-state index in [1.165, 1.54) is 15.5 Å². The zero-order chi connectivity index (χ0) is 36.3. The van der Waals surface area contributed by atoms with E-state index in [2.05, 4.69) is 108 Å². The highest BCUT2D eigenvalue weighted by atomic mass is 32.1. The number of nitrogens with zero attached hydrogens (tertiary/aromatic N) is 1. The number of para-hydroxylation sites is 5. The molecule has 0 radical (unpaired) electrons. The number of anilines is 3. The van der Waals surface area contributed by atoms with Crippen molar-refractivity contribution in [3.63, 3.8) is 0 Å². The average molecular weight is 744 g/mol. The van der Waals surface area contributed by atoms with Crippen LogP contribution in [0.3, 0.4) is 0 Å². The lowest BCUT2D eigenvalue weighted by Crippen LogP contribution is -2.47. The van der Waals surface area contributed by atoms with Crippen molar-refractivity contribution in [2.45, 2.75) is 5.41 Å². The van der Waals surface area contributed by atoms with E-state index >= 15 is 4.57 Å². The zero-order valence-corrected chi connectivity index (χ0v) is 31.1. The zero-order valence-electron chi connectivity index (χ0n) is 29.3. The molecule has 0 bridgehead atoms. The SMILES string of the molecule is O=P1(c2ccccc2)c2ccccc2C2(c3ccccc3Oc3cc(N4c5ccccc5Oc5ccccc54)ccc32)c2cc3c(cc21)sc1ccccc13. The second-order valence-corrected chi connectivity index (χ2v) is 18.1. The van der Waals surface area contributed by atoms with Crippen LogP contribution in [0.25, 0.3) is 20.2 Å². The van der Waals surface area contributed by atoms with Crippen LogP contribution in [0.2, 0.25) is 0 Å². The number of thiophene rings is 1. The van der Waals surface area contributed by atoms with Crippen molar-refractivity contribution in [3.8, 4) is 23.0 Å². The van der Waals surface area contributed by atoms with Crippen LogP contribution in [0.4, 0.5) is 17.1 Å². The van der Waals surface area contributed by atoms with Crippen molar-refractivity contribution in [3.05, 3.63) is 204 Å². The van der Waals surface area contributed by atoms with E-state index in [0.717, 1.165) is 82.9 Å². The third-order valence-corrected chi connectivity index (χ3v) is 15.9. The molecule has 0 fully saturated rings. The molecule has 0 N–H and O–H groups in total. The maximum absolute atomic E-state index is 16.4. The van der Waals surface area contributed by atoms with Crippen molar-refractivity contribution >= 4 is 71.6 Å². The molecule has 6 heteroatoms. The highest BCUT2D eigenvalue weighted by Crippen LogP contribution is 2.63. The second kappa shape index (κ2) is 11.3. The van der Waals surface area contributed by atoms with Gasteiger partial charge in [-0.3, -0.25) is 0 Å². The molecular weight excluding hydrogens is 714 g/mol. The first-order valence-corrected chi connectivity index (χ1v) is 21.0. The van der Waals surface area contributed by atoms with Crippen LogP contribution in [0.1, 0.15) is 22.3 Å². The van der Waals surface area contributed by atoms with E-state index in [1.807, 2.05) is 78.9 Å². The Bertz CT molecular complexity index is 3070. The van der Waals surface area contributed by atoms with Crippen molar-refractivity contribution in [1.29, 1.82) is 0 Å². The summed E-state index contributed by atoms with van der Waals surface area (Å²) >= 11 is 1.76. The van der Waals surface area contributed by atoms with E-state index in [9.17, 15) is 0 Å². The Labute approximate surface area is 321 Å². The van der Waals surface area contributed by atoms with Crippen LogP contribution in [-0.4, -0.2) is 0 Å². The lowest BCUT2D eigenvalue weighted by Gasteiger charge is -2.47. The van der Waals surface area contributed by atoms with Gasteiger partial charge in [-0.15, -0.1) is 11.3 Å². The fourth-order valence-corrected chi connectivity index (χ4v) is 13.7. The van der Waals surface area contributed by atoms with Crippen molar-refractivity contribution in [2.75, 3.05) is 4.90 Å². The van der Waals surface area contributed by atoms with Gasteiger partial charge < -0.3 is 18.9 Å². The molecule has 9 aromatic rings. The Kier molecular flexibility index (Phi) is 6.38. The summed E-state index contributed by atoms with van der Waals surface area (Å²) in [5.41, 5.74) is 6.11. The summed E-state index contributed by atoms with van der Waals surface area (Å²) in [7, 11) is -3.37. The van der Waals surface area contributed by atoms with Gasteiger partial charge in [0.1, 0.15) is 11.5 Å². The lowest BCUT2D eigenvalue weighted by atomic mass is 9.63. The predicted molar refractivity (Wildman–Crippen MR) is 225 cm³/mol. The number of hydrogen-bond donors (Lipinski definition) is 0. The van der Waals surface area contributed by atoms with Crippen LogP contribution in [0, 0.1) is 0 Å². The van der Waals surface area contributed by atoms with Crippen molar-refractivity contribution in [1.82, 2.24) is 0 Å². The van der Waals surface area contributed by atoms with E-state index in [-0.39, 0.29) is 0 Å². The Morgan fingerprint density at radius 1 is 0.455 bits per heavy atom. The smallest absolute Gasteiger partial charge is 0.171 e. The first-order valence-electron chi connectivity index (χ1n) is 18.4. The molecule has 0 amide bonds. The number of fused-ring (bicyclic) bond motifs is 13. The molecule has 1 aromatic heterocycles. The van der Waals surface area contributed by atoms with Gasteiger partial charge in [-0.25, -0.2) is 0 Å². The monoisotopic (exact) mass is 743 g/mol. The normalized spacial score (nSPS) is 18.7. The average Bonchev–Trinajstić information content (AvgIpc) is 3.61. The molecule has 3 aliphatic heterocycles. The summed E-state index contributed by atoms with van der Waals surface area (Å²) < 4.78 is 32.2. The van der Waals surface area contributed by atoms with Crippen LogP contribution in [0.15, 0.2) is 182 Å². The molecule has 1 spiro atoms. The second-order valence-electron chi connectivity index (χ2n) is 14.3. The summed E-state index contributed by atoms with van der Waals surface area (Å²) in [4.78, 5) is 2.25. The minimum Gasteiger partial charge on any atom is -0.457 e. The van der Waals surface area contributed by atoms with Crippen molar-refractivity contribution in [2.24, 2.45) is 0 Å². The number of benzene rings is 8. The minimum absolute atomic E-state index is 0.755. The third kappa shape index (κ3) is 4.09. The lowest BCUT2D eigenvalue weighted by molar-refractivity contribution is 0.435. The van der Waals surface area contributed by atoms with Gasteiger partial charge in [-0.2, -0.15) is 0 Å². The van der Waals surface area contributed by atoms with Gasteiger partial charge in [-0.1, -0.05) is 121 Å². The van der Waals surface area contributed by atoms with Crippen LogP contribution in [-0.2, 0) is 9.98 Å². The molecule has 0 aliphatic carbocycles. The Balaban J connectivity index is 1.21. The molecular formula is C49H30NO3PS. The van der Waals surface area contributed by atoms with Gasteiger partial charge in [0, 0.05) is 53.3 Å². The first kappa shape index (κ1) is 31.0. The summed E-state index contributed by atoms with van der Waals surface area (Å²) in [5, 5.41) is 4.94. The molecule has 4 heterocycles. The molecule has 2 unspecified atom stereocenters. The highest BCUT2D eigenvalue weighted by molar-refractivity contribution is 7.85. The fraction of sp³-hybridized carbons (Fsp3) is 0.0204. The van der Waals surface area contributed by atoms with Gasteiger partial charge >= 0.3 is 0 Å². The topological polar surface area (TPSA) is 38.8 Å². The van der Waals surface area contributed by atoms with E-state index in [0.29, 0.717) is 0 Å². The quantitative estimate of drug-likeness (QED) is 0.165. The van der Waals surface area contributed by atoms with Gasteiger partial charge in [0.2, 0.25) is 0 Å². The molecule has 8 aromatic carbocycles. The number of rotatable bonds is 2. The highest BCUT2D eigenvalue weighted by Gasteiger charge is 2.55. The predicted octanol–water partition coefficient (Wildman–Crippen LogP) is 12.1. The fourth-order valence-electron chi connectivity index (χ4n) is 9.31. The maximum Gasteiger partial charge on any atom is 0.171 e. The van der Waals surface area contributed by atoms with Crippen LogP contribution < -0.4 is 30.3 Å². The molecule has 0 saturated carbocycles. The van der Waals surface area contributed by atoms with Gasteiger partial charge in [0.25, 0.3) is 0 Å². The van der Waals surface area contributed by atoms with Crippen molar-refractivity contribution < 1.29 is 14.0 Å². The molecule has 4 nitrogen and oxygen atoms in total. The summed E-state index contributed by atoms with van der Waals surface area (Å²) in [6, 6.07) is 62.9. The Hall–Kier alpha value is -6.39. The largest absolute Gasteiger partial charge is 0.457 e. The van der Waals surface area contributed by atoms with E-state index in [4.69, 9.17) is 9.47 Å². The third-order valence-electron chi connectivity index (χ3n) is 11.6. The van der Waals surface area contributed by atoms with E-state index < -0.39 is 12.6 Å². The standard InChI is InChI=1S/C49H30NO3PS/c51-54(32-14-2-1-3-15-32)45-24-12-6-18-37(45)49(38-29-34-33-16-4-13-25-47(33)55-48(34)30-46(38)54)35-17-5-9-21-41(35)52-44-28-31(26-27-36(44)49)50-39-19-7-10-22-42(39)53-43-23-11-8-20-40(43)50/h1-30H. The van der Waals surface area contributed by atoms with Crippen LogP contribution in [0.5, 0.6) is 23.0 Å². The minimum atomic E-state index is -3.37. The van der Waals surface area contributed by atoms with Gasteiger partial charge in [-0.05, 0) is 65.7 Å². The molecule has 2 atom stereocenters.